The van der Waals surface area contributed by atoms with Gasteiger partial charge in [0.25, 0.3) is 5.91 Å². The lowest BCUT2D eigenvalue weighted by Gasteiger charge is -2.10. The molecule has 8 nitrogen and oxygen atoms in total. The van der Waals surface area contributed by atoms with Crippen molar-refractivity contribution >= 4 is 29.6 Å². The van der Waals surface area contributed by atoms with E-state index in [1.54, 1.807) is 42.5 Å². The van der Waals surface area contributed by atoms with Crippen LogP contribution in [0, 0.1) is 0 Å². The minimum atomic E-state index is -0.666. The average Bonchev–Trinajstić information content (AvgIpc) is 3.01. The lowest BCUT2D eigenvalue weighted by atomic mass is 10.1. The van der Waals surface area contributed by atoms with E-state index in [9.17, 15) is 14.4 Å². The van der Waals surface area contributed by atoms with Crippen LogP contribution in [0.2, 0.25) is 0 Å². The van der Waals surface area contributed by atoms with Crippen LogP contribution in [0.5, 0.6) is 11.5 Å². The van der Waals surface area contributed by atoms with Gasteiger partial charge in [0, 0.05) is 24.3 Å². The van der Waals surface area contributed by atoms with Crippen LogP contribution >= 0.6 is 0 Å². The zero-order chi connectivity index (χ0) is 21.3. The fourth-order valence-corrected chi connectivity index (χ4v) is 2.64. The maximum absolute atomic E-state index is 12.0. The Morgan fingerprint density at radius 3 is 2.50 bits per heavy atom. The molecule has 0 radical (unpaired) electrons. The molecule has 0 saturated carbocycles. The van der Waals surface area contributed by atoms with E-state index in [1.807, 2.05) is 0 Å². The van der Waals surface area contributed by atoms with Crippen molar-refractivity contribution in [2.75, 3.05) is 32.2 Å². The second kappa shape index (κ2) is 10.1. The minimum Gasteiger partial charge on any atom is -0.490 e. The third kappa shape index (κ3) is 5.84. The van der Waals surface area contributed by atoms with E-state index in [0.29, 0.717) is 41.5 Å². The summed E-state index contributed by atoms with van der Waals surface area (Å²) in [5.41, 5.74) is 1.61. The Kier molecular flexibility index (Phi) is 7.05. The fraction of sp³-hybridized carbons (Fsp3) is 0.227. The number of carbonyl (C=O) groups is 3. The molecule has 1 aliphatic heterocycles. The first kappa shape index (κ1) is 20.9. The first-order valence-electron chi connectivity index (χ1n) is 9.28. The van der Waals surface area contributed by atoms with Crippen LogP contribution in [0.1, 0.15) is 22.3 Å². The number of ether oxygens (including phenoxy) is 4. The smallest absolute Gasteiger partial charge is 0.337 e. The van der Waals surface area contributed by atoms with Crippen molar-refractivity contribution in [3.63, 3.8) is 0 Å². The zero-order valence-electron chi connectivity index (χ0n) is 16.4. The van der Waals surface area contributed by atoms with Gasteiger partial charge < -0.3 is 24.3 Å². The zero-order valence-corrected chi connectivity index (χ0v) is 16.4. The monoisotopic (exact) mass is 411 g/mol. The topological polar surface area (TPSA) is 100 Å². The molecular weight excluding hydrogens is 390 g/mol. The normalized spacial score (nSPS) is 12.7. The summed E-state index contributed by atoms with van der Waals surface area (Å²) in [6.45, 7) is 0.691. The SMILES string of the molecule is COC(=O)c1ccc(/C=C/C(=O)OCC(=O)Nc2ccc3c(c2)OCCCO3)cc1. The molecule has 30 heavy (non-hydrogen) atoms. The van der Waals surface area contributed by atoms with E-state index in [1.165, 1.54) is 19.3 Å². The number of hydrogen-bond donors (Lipinski definition) is 1. The van der Waals surface area contributed by atoms with Crippen molar-refractivity contribution < 1.29 is 33.3 Å². The molecule has 0 aromatic heterocycles. The van der Waals surface area contributed by atoms with Gasteiger partial charge in [-0.3, -0.25) is 4.79 Å². The highest BCUT2D eigenvalue weighted by molar-refractivity contribution is 5.95. The molecule has 0 aliphatic carbocycles. The highest BCUT2D eigenvalue weighted by Crippen LogP contribution is 2.32. The second-order valence-electron chi connectivity index (χ2n) is 6.31. The highest BCUT2D eigenvalue weighted by Gasteiger charge is 2.12. The minimum absolute atomic E-state index is 0.406. The third-order valence-electron chi connectivity index (χ3n) is 4.12. The molecule has 0 fully saturated rings. The number of fused-ring (bicyclic) bond motifs is 1. The number of esters is 2. The van der Waals surface area contributed by atoms with Gasteiger partial charge in [0.05, 0.1) is 25.9 Å². The summed E-state index contributed by atoms with van der Waals surface area (Å²) in [6.07, 6.45) is 3.51. The number of methoxy groups -OCH3 is 1. The molecular formula is C22H21NO7. The number of amides is 1. The van der Waals surface area contributed by atoms with E-state index < -0.39 is 24.5 Å². The predicted molar refractivity (Wildman–Crippen MR) is 108 cm³/mol. The summed E-state index contributed by atoms with van der Waals surface area (Å²) in [7, 11) is 1.30. The van der Waals surface area contributed by atoms with E-state index >= 15 is 0 Å². The van der Waals surface area contributed by atoms with Gasteiger partial charge in [-0.05, 0) is 35.9 Å². The van der Waals surface area contributed by atoms with Crippen LogP contribution in [-0.4, -0.2) is 44.8 Å². The van der Waals surface area contributed by atoms with Crippen LogP contribution in [0.25, 0.3) is 6.08 Å². The number of carbonyl (C=O) groups excluding carboxylic acids is 3. The first-order chi connectivity index (χ1) is 14.5. The lowest BCUT2D eigenvalue weighted by molar-refractivity contribution is -0.142. The Morgan fingerprint density at radius 1 is 1.03 bits per heavy atom. The summed E-state index contributed by atoms with van der Waals surface area (Å²) in [5, 5.41) is 2.64. The lowest BCUT2D eigenvalue weighted by Crippen LogP contribution is -2.20. The van der Waals surface area contributed by atoms with E-state index in [0.717, 1.165) is 6.42 Å². The summed E-state index contributed by atoms with van der Waals surface area (Å²) >= 11 is 0. The van der Waals surface area contributed by atoms with Crippen molar-refractivity contribution in [3.8, 4) is 11.5 Å². The Hall–Kier alpha value is -3.81. The van der Waals surface area contributed by atoms with Crippen molar-refractivity contribution in [1.29, 1.82) is 0 Å². The summed E-state index contributed by atoms with van der Waals surface area (Å²) in [6, 6.07) is 11.6. The van der Waals surface area contributed by atoms with Gasteiger partial charge in [0.2, 0.25) is 0 Å². The molecule has 1 aliphatic rings. The number of rotatable bonds is 6. The Bertz CT molecular complexity index is 950. The average molecular weight is 411 g/mol. The van der Waals surface area contributed by atoms with E-state index in [2.05, 4.69) is 10.1 Å². The fourth-order valence-electron chi connectivity index (χ4n) is 2.64. The van der Waals surface area contributed by atoms with Crippen LogP contribution in [0.15, 0.2) is 48.5 Å². The Labute approximate surface area is 173 Å². The molecule has 0 atom stereocenters. The number of hydrogen-bond acceptors (Lipinski definition) is 7. The first-order valence-corrected chi connectivity index (χ1v) is 9.28. The molecule has 2 aromatic carbocycles. The molecule has 1 N–H and O–H groups in total. The standard InChI is InChI=1S/C22H21NO7/c1-27-22(26)16-6-3-15(4-7-16)5-10-21(25)30-14-20(24)23-17-8-9-18-19(13-17)29-12-2-11-28-18/h3-10,13H,2,11-12,14H2,1H3,(H,23,24)/b10-5+. The molecule has 1 heterocycles. The van der Waals surface area contributed by atoms with Crippen molar-refractivity contribution in [2.45, 2.75) is 6.42 Å². The van der Waals surface area contributed by atoms with Gasteiger partial charge in [-0.25, -0.2) is 9.59 Å². The Balaban J connectivity index is 1.47. The van der Waals surface area contributed by atoms with Gasteiger partial charge in [-0.1, -0.05) is 12.1 Å². The van der Waals surface area contributed by atoms with Crippen LogP contribution < -0.4 is 14.8 Å². The largest absolute Gasteiger partial charge is 0.490 e. The highest BCUT2D eigenvalue weighted by atomic mass is 16.5. The molecule has 2 aromatic rings. The van der Waals surface area contributed by atoms with Crippen molar-refractivity contribution in [1.82, 2.24) is 0 Å². The molecule has 0 bridgehead atoms. The summed E-state index contributed by atoms with van der Waals surface area (Å²) < 4.78 is 20.7. The second-order valence-corrected chi connectivity index (χ2v) is 6.31. The Morgan fingerprint density at radius 2 is 1.77 bits per heavy atom. The van der Waals surface area contributed by atoms with Gasteiger partial charge in [-0.15, -0.1) is 0 Å². The number of benzene rings is 2. The predicted octanol–water partition coefficient (Wildman–Crippen LogP) is 2.83. The van der Waals surface area contributed by atoms with Gasteiger partial charge in [-0.2, -0.15) is 0 Å². The molecule has 3 rings (SSSR count). The van der Waals surface area contributed by atoms with E-state index in [4.69, 9.17) is 14.2 Å². The van der Waals surface area contributed by atoms with Crippen LogP contribution in [0.3, 0.4) is 0 Å². The number of nitrogens with one attached hydrogen (secondary N) is 1. The van der Waals surface area contributed by atoms with Crippen LogP contribution in [-0.2, 0) is 19.1 Å². The van der Waals surface area contributed by atoms with Crippen molar-refractivity contribution in [2.24, 2.45) is 0 Å². The maximum Gasteiger partial charge on any atom is 0.337 e. The van der Waals surface area contributed by atoms with Crippen molar-refractivity contribution in [3.05, 3.63) is 59.7 Å². The van der Waals surface area contributed by atoms with Crippen LogP contribution in [0.4, 0.5) is 5.69 Å². The molecule has 8 heteroatoms. The molecule has 0 unspecified atom stereocenters. The maximum atomic E-state index is 12.0. The quantitative estimate of drug-likeness (QED) is 0.576. The van der Waals surface area contributed by atoms with E-state index in [-0.39, 0.29) is 0 Å². The van der Waals surface area contributed by atoms with Gasteiger partial charge >= 0.3 is 11.9 Å². The molecule has 0 spiro atoms. The molecule has 0 saturated heterocycles. The summed E-state index contributed by atoms with van der Waals surface area (Å²) in [5.74, 6) is -0.399. The molecule has 156 valence electrons. The third-order valence-corrected chi connectivity index (χ3v) is 4.12. The van der Waals surface area contributed by atoms with Gasteiger partial charge in [0.15, 0.2) is 18.1 Å². The van der Waals surface area contributed by atoms with Gasteiger partial charge in [0.1, 0.15) is 0 Å². The molecule has 1 amide bonds. The summed E-state index contributed by atoms with van der Waals surface area (Å²) in [4.78, 5) is 35.2. The number of anilines is 1.